The number of nitrogens with zero attached hydrogens (tertiary/aromatic N) is 2. The highest BCUT2D eigenvalue weighted by atomic mass is 16.5. The van der Waals surface area contributed by atoms with Crippen molar-refractivity contribution in [2.45, 2.75) is 20.3 Å². The number of benzene rings is 1. The summed E-state index contributed by atoms with van der Waals surface area (Å²) in [7, 11) is 3.67. The van der Waals surface area contributed by atoms with Gasteiger partial charge in [-0.1, -0.05) is 0 Å². The minimum absolute atomic E-state index is 0.124. The van der Waals surface area contributed by atoms with Crippen LogP contribution in [0.25, 0.3) is 11.4 Å². The molecule has 2 rings (SSSR count). The summed E-state index contributed by atoms with van der Waals surface area (Å²) in [6.07, 6.45) is 0.592. The van der Waals surface area contributed by atoms with E-state index in [9.17, 15) is 0 Å². The van der Waals surface area contributed by atoms with Crippen LogP contribution in [-0.4, -0.2) is 28.4 Å². The van der Waals surface area contributed by atoms with Crippen LogP contribution in [0.3, 0.4) is 0 Å². The first kappa shape index (κ1) is 13.6. The number of hydrogen-bond donors (Lipinski definition) is 1. The minimum Gasteiger partial charge on any atom is -0.496 e. The summed E-state index contributed by atoms with van der Waals surface area (Å²) in [5, 5.41) is 9.06. The van der Waals surface area contributed by atoms with Crippen LogP contribution in [-0.2, 0) is 13.5 Å². The second kappa shape index (κ2) is 5.45. The third-order valence-corrected chi connectivity index (χ3v) is 3.48. The van der Waals surface area contributed by atoms with E-state index >= 15 is 0 Å². The molecule has 0 bridgehead atoms. The van der Waals surface area contributed by atoms with Crippen LogP contribution in [0, 0.1) is 13.8 Å². The number of aliphatic hydroxyl groups excluding tert-OH is 1. The lowest BCUT2D eigenvalue weighted by molar-refractivity contribution is 0.298. The number of ether oxygens (including phenoxy) is 1. The molecule has 102 valence electrons. The quantitative estimate of drug-likeness (QED) is 0.917. The zero-order valence-corrected chi connectivity index (χ0v) is 11.9. The van der Waals surface area contributed by atoms with E-state index in [2.05, 4.69) is 15.6 Å². The Balaban J connectivity index is 2.47. The van der Waals surface area contributed by atoms with E-state index in [0.29, 0.717) is 6.42 Å². The smallest absolute Gasteiger partial charge is 0.140 e. The Kier molecular flexibility index (Phi) is 3.90. The summed E-state index contributed by atoms with van der Waals surface area (Å²) in [5.74, 6) is 1.80. The molecule has 0 unspecified atom stereocenters. The molecule has 0 fully saturated rings. The lowest BCUT2D eigenvalue weighted by atomic mass is 10.1. The largest absolute Gasteiger partial charge is 0.496 e. The molecule has 19 heavy (non-hydrogen) atoms. The molecule has 1 aromatic heterocycles. The summed E-state index contributed by atoms with van der Waals surface area (Å²) < 4.78 is 7.34. The van der Waals surface area contributed by atoms with Gasteiger partial charge in [-0.2, -0.15) is 0 Å². The third kappa shape index (κ3) is 2.49. The second-order valence-corrected chi connectivity index (χ2v) is 4.68. The molecule has 0 atom stereocenters. The standard InChI is InChI=1S/C15H20N2O2/c1-10-9-12(5-6-14(10)19-4)15-16-13(7-8-18)11(2)17(15)3/h5-6,9,18H,7-8H2,1-4H3. The predicted molar refractivity (Wildman–Crippen MR) is 75.5 cm³/mol. The normalized spacial score (nSPS) is 10.8. The molecule has 1 aromatic carbocycles. The van der Waals surface area contributed by atoms with E-state index in [4.69, 9.17) is 9.84 Å². The summed E-state index contributed by atoms with van der Waals surface area (Å²) >= 11 is 0. The molecule has 0 spiro atoms. The van der Waals surface area contributed by atoms with Gasteiger partial charge in [-0.15, -0.1) is 0 Å². The molecule has 1 heterocycles. The maximum Gasteiger partial charge on any atom is 0.140 e. The minimum atomic E-state index is 0.124. The summed E-state index contributed by atoms with van der Waals surface area (Å²) in [6.45, 7) is 4.17. The third-order valence-electron chi connectivity index (χ3n) is 3.48. The first-order chi connectivity index (χ1) is 9.08. The maximum absolute atomic E-state index is 9.06. The summed E-state index contributed by atoms with van der Waals surface area (Å²) in [4.78, 5) is 4.63. The van der Waals surface area contributed by atoms with Crippen molar-refractivity contribution in [1.29, 1.82) is 0 Å². The van der Waals surface area contributed by atoms with E-state index in [1.165, 1.54) is 0 Å². The van der Waals surface area contributed by atoms with Gasteiger partial charge in [0.15, 0.2) is 0 Å². The van der Waals surface area contributed by atoms with Gasteiger partial charge >= 0.3 is 0 Å². The van der Waals surface area contributed by atoms with Crippen molar-refractivity contribution < 1.29 is 9.84 Å². The van der Waals surface area contributed by atoms with Crippen LogP contribution in [0.1, 0.15) is 17.0 Å². The van der Waals surface area contributed by atoms with Crippen molar-refractivity contribution in [3.63, 3.8) is 0 Å². The molecule has 2 aromatic rings. The number of rotatable bonds is 4. The van der Waals surface area contributed by atoms with E-state index in [1.54, 1.807) is 7.11 Å². The van der Waals surface area contributed by atoms with Crippen LogP contribution >= 0.6 is 0 Å². The van der Waals surface area contributed by atoms with Gasteiger partial charge in [0.1, 0.15) is 11.6 Å². The Morgan fingerprint density at radius 1 is 1.32 bits per heavy atom. The molecular weight excluding hydrogens is 240 g/mol. The van der Waals surface area contributed by atoms with Gasteiger partial charge in [-0.05, 0) is 37.6 Å². The first-order valence-corrected chi connectivity index (χ1v) is 6.36. The number of hydrogen-bond acceptors (Lipinski definition) is 3. The highest BCUT2D eigenvalue weighted by Crippen LogP contribution is 2.26. The number of imidazole rings is 1. The molecule has 0 saturated heterocycles. The first-order valence-electron chi connectivity index (χ1n) is 6.36. The average molecular weight is 260 g/mol. The molecule has 0 aliphatic heterocycles. The van der Waals surface area contributed by atoms with Crippen LogP contribution in [0.2, 0.25) is 0 Å². The van der Waals surface area contributed by atoms with Gasteiger partial charge < -0.3 is 14.4 Å². The molecule has 4 heteroatoms. The van der Waals surface area contributed by atoms with E-state index < -0.39 is 0 Å². The van der Waals surface area contributed by atoms with Gasteiger partial charge in [-0.25, -0.2) is 4.98 Å². The number of aromatic nitrogens is 2. The topological polar surface area (TPSA) is 47.3 Å². The Hall–Kier alpha value is -1.81. The van der Waals surface area contributed by atoms with E-state index in [-0.39, 0.29) is 6.61 Å². The van der Waals surface area contributed by atoms with Crippen molar-refractivity contribution in [1.82, 2.24) is 9.55 Å². The maximum atomic E-state index is 9.06. The zero-order chi connectivity index (χ0) is 14.0. The van der Waals surface area contributed by atoms with Gasteiger partial charge in [0, 0.05) is 31.3 Å². The lowest BCUT2D eigenvalue weighted by Gasteiger charge is -2.07. The van der Waals surface area contributed by atoms with E-state index in [0.717, 1.165) is 34.1 Å². The molecular formula is C15H20N2O2. The van der Waals surface area contributed by atoms with Gasteiger partial charge in [-0.3, -0.25) is 0 Å². The molecule has 0 saturated carbocycles. The van der Waals surface area contributed by atoms with Crippen LogP contribution in [0.5, 0.6) is 5.75 Å². The van der Waals surface area contributed by atoms with Crippen LogP contribution < -0.4 is 4.74 Å². The molecule has 0 radical (unpaired) electrons. The average Bonchev–Trinajstić information content (AvgIpc) is 2.67. The summed E-state index contributed by atoms with van der Waals surface area (Å²) in [6, 6.07) is 6.04. The Morgan fingerprint density at radius 3 is 2.63 bits per heavy atom. The monoisotopic (exact) mass is 260 g/mol. The van der Waals surface area contributed by atoms with Gasteiger partial charge in [0.25, 0.3) is 0 Å². The highest BCUT2D eigenvalue weighted by Gasteiger charge is 2.13. The number of aliphatic hydroxyl groups is 1. The van der Waals surface area contributed by atoms with Crippen LogP contribution in [0.4, 0.5) is 0 Å². The van der Waals surface area contributed by atoms with Crippen molar-refractivity contribution in [3.8, 4) is 17.1 Å². The molecule has 0 aliphatic carbocycles. The Labute approximate surface area is 113 Å². The van der Waals surface area contributed by atoms with E-state index in [1.807, 2.05) is 33.0 Å². The molecule has 1 N–H and O–H groups in total. The fourth-order valence-corrected chi connectivity index (χ4v) is 2.25. The molecule has 0 amide bonds. The zero-order valence-electron chi connectivity index (χ0n) is 11.9. The number of methoxy groups -OCH3 is 1. The van der Waals surface area contributed by atoms with Crippen molar-refractivity contribution in [2.24, 2.45) is 7.05 Å². The molecule has 4 nitrogen and oxygen atoms in total. The lowest BCUT2D eigenvalue weighted by Crippen LogP contribution is -1.97. The van der Waals surface area contributed by atoms with Crippen molar-refractivity contribution in [3.05, 3.63) is 35.2 Å². The predicted octanol–water partition coefficient (Wildman–Crippen LogP) is 2.25. The number of aryl methyl sites for hydroxylation is 1. The van der Waals surface area contributed by atoms with Gasteiger partial charge in [0.05, 0.1) is 12.8 Å². The second-order valence-electron chi connectivity index (χ2n) is 4.68. The highest BCUT2D eigenvalue weighted by molar-refractivity contribution is 5.60. The molecule has 0 aliphatic rings. The fraction of sp³-hybridized carbons (Fsp3) is 0.400. The SMILES string of the molecule is COc1ccc(-c2nc(CCO)c(C)n2C)cc1C. The van der Waals surface area contributed by atoms with Crippen LogP contribution in [0.15, 0.2) is 18.2 Å². The Bertz CT molecular complexity index is 588. The van der Waals surface area contributed by atoms with Gasteiger partial charge in [0.2, 0.25) is 0 Å². The fourth-order valence-electron chi connectivity index (χ4n) is 2.25. The van der Waals surface area contributed by atoms with Crippen molar-refractivity contribution in [2.75, 3.05) is 13.7 Å². The van der Waals surface area contributed by atoms with Crippen molar-refractivity contribution >= 4 is 0 Å². The summed E-state index contributed by atoms with van der Waals surface area (Å²) in [5.41, 5.74) is 4.20. The Morgan fingerprint density at radius 2 is 2.05 bits per heavy atom.